The fourth-order valence-corrected chi connectivity index (χ4v) is 6.19. The number of hydrogen-bond acceptors (Lipinski definition) is 7. The molecule has 3 aromatic carbocycles. The van der Waals surface area contributed by atoms with E-state index in [0.29, 0.717) is 48.7 Å². The molecule has 12 heteroatoms. The van der Waals surface area contributed by atoms with Crippen LogP contribution in [0.4, 0.5) is 14.6 Å². The molecular formula is C32H26F2N8O2. The summed E-state index contributed by atoms with van der Waals surface area (Å²) in [6.45, 7) is 1.56. The Bertz CT molecular complexity index is 2060. The molecule has 1 saturated heterocycles. The molecule has 0 radical (unpaired) electrons. The summed E-state index contributed by atoms with van der Waals surface area (Å²) in [5.41, 5.74) is 4.43. The highest BCUT2D eigenvalue weighted by atomic mass is 19.1. The Morgan fingerprint density at radius 3 is 2.80 bits per heavy atom. The highest BCUT2D eigenvalue weighted by molar-refractivity contribution is 5.92. The number of imidazole rings is 1. The van der Waals surface area contributed by atoms with E-state index in [-0.39, 0.29) is 17.7 Å². The van der Waals surface area contributed by atoms with Crippen molar-refractivity contribution in [1.29, 1.82) is 0 Å². The second-order valence-corrected chi connectivity index (χ2v) is 11.0. The Morgan fingerprint density at radius 2 is 1.89 bits per heavy atom. The lowest BCUT2D eigenvalue weighted by Crippen LogP contribution is -2.44. The molecule has 1 amide bonds. The zero-order valence-electron chi connectivity index (χ0n) is 23.4. The zero-order valence-corrected chi connectivity index (χ0v) is 23.4. The average Bonchev–Trinajstić information content (AvgIpc) is 3.76. The van der Waals surface area contributed by atoms with E-state index < -0.39 is 17.7 Å². The Kier molecular flexibility index (Phi) is 6.21. The van der Waals surface area contributed by atoms with Gasteiger partial charge in [-0.15, -0.1) is 0 Å². The minimum atomic E-state index is -0.767. The Labute approximate surface area is 249 Å². The summed E-state index contributed by atoms with van der Waals surface area (Å²) in [6, 6.07) is 16.9. The van der Waals surface area contributed by atoms with Gasteiger partial charge in [0, 0.05) is 25.6 Å². The van der Waals surface area contributed by atoms with Crippen LogP contribution in [0.5, 0.6) is 5.75 Å². The number of aryl methyl sites for hydroxylation is 1. The van der Waals surface area contributed by atoms with Gasteiger partial charge in [-0.25, -0.2) is 28.4 Å². The predicted molar refractivity (Wildman–Crippen MR) is 160 cm³/mol. The standard InChI is InChI=1S/C32H26F2N8O2/c33-21-6-8-27(25(34)13-21)42-31-24(15-39-42)30(36-17-37-31)41-16-23-14-29(41)32(43)35-9-2-10-40-18-38-26-7-5-20(12-28(26)40)19-3-1-4-22(11-19)44-23/h1,3-8,11-13,15,17-18,23,29H,2,9-10,14,16H2,(H,35,43)/t23-,29-/m0/s1. The van der Waals surface area contributed by atoms with Gasteiger partial charge in [-0.2, -0.15) is 5.10 Å². The van der Waals surface area contributed by atoms with Gasteiger partial charge in [0.2, 0.25) is 5.91 Å². The maximum absolute atomic E-state index is 14.7. The largest absolute Gasteiger partial charge is 0.488 e. The minimum absolute atomic E-state index is 0.0561. The highest BCUT2D eigenvalue weighted by Gasteiger charge is 2.40. The maximum atomic E-state index is 14.7. The van der Waals surface area contributed by atoms with Crippen molar-refractivity contribution in [3.8, 4) is 22.6 Å². The van der Waals surface area contributed by atoms with Crippen LogP contribution in [-0.2, 0) is 11.3 Å². The summed E-state index contributed by atoms with van der Waals surface area (Å²) in [4.78, 5) is 29.0. The van der Waals surface area contributed by atoms with Crippen LogP contribution < -0.4 is 15.0 Å². The van der Waals surface area contributed by atoms with Crippen molar-refractivity contribution in [1.82, 2.24) is 34.6 Å². The van der Waals surface area contributed by atoms with Crippen molar-refractivity contribution >= 4 is 33.8 Å². The van der Waals surface area contributed by atoms with E-state index in [1.54, 1.807) is 0 Å². The third-order valence-corrected chi connectivity index (χ3v) is 8.29. The number of benzene rings is 3. The van der Waals surface area contributed by atoms with Gasteiger partial charge in [0.1, 0.15) is 41.5 Å². The molecule has 0 unspecified atom stereocenters. The van der Waals surface area contributed by atoms with Crippen molar-refractivity contribution in [3.63, 3.8) is 0 Å². The molecule has 6 bridgehead atoms. The number of carbonyl (C=O) groups is 1. The van der Waals surface area contributed by atoms with E-state index in [0.717, 1.165) is 34.6 Å². The van der Waals surface area contributed by atoms with Gasteiger partial charge in [-0.3, -0.25) is 4.79 Å². The molecule has 6 aromatic rings. The number of amides is 1. The zero-order chi connectivity index (χ0) is 29.8. The van der Waals surface area contributed by atoms with Gasteiger partial charge in [0.05, 0.1) is 35.5 Å². The Hall–Kier alpha value is -5.39. The lowest BCUT2D eigenvalue weighted by molar-refractivity contribution is -0.122. The van der Waals surface area contributed by atoms with Crippen LogP contribution in [0.2, 0.25) is 0 Å². The number of nitrogens with zero attached hydrogens (tertiary/aromatic N) is 7. The van der Waals surface area contributed by atoms with E-state index in [1.807, 2.05) is 41.6 Å². The molecule has 2 aliphatic rings. The first-order chi connectivity index (χ1) is 21.5. The summed E-state index contributed by atoms with van der Waals surface area (Å²) in [5.74, 6) is -0.413. The lowest BCUT2D eigenvalue weighted by atomic mass is 10.0. The number of anilines is 1. The molecule has 1 fully saturated rings. The number of fused-ring (bicyclic) bond motifs is 7. The molecule has 220 valence electrons. The fraction of sp³-hybridized carbons (Fsp3) is 0.219. The summed E-state index contributed by atoms with van der Waals surface area (Å²) >= 11 is 0. The molecule has 3 aromatic heterocycles. The summed E-state index contributed by atoms with van der Waals surface area (Å²) < 4.78 is 38.2. The van der Waals surface area contributed by atoms with E-state index in [1.165, 1.54) is 29.3 Å². The van der Waals surface area contributed by atoms with E-state index >= 15 is 0 Å². The van der Waals surface area contributed by atoms with Crippen molar-refractivity contribution in [2.75, 3.05) is 18.0 Å². The van der Waals surface area contributed by atoms with Gasteiger partial charge < -0.3 is 19.5 Å². The third-order valence-electron chi connectivity index (χ3n) is 8.29. The van der Waals surface area contributed by atoms with Gasteiger partial charge in [-0.05, 0) is 53.9 Å². The molecule has 0 aliphatic carbocycles. The number of halogens is 2. The SMILES string of the molecule is O=C1NCCCn2cnc3ccc(cc32)-c2cccc(c2)O[C@H]2C[C@@H]1N(c1ncnc3c1cnn3-c1ccc(F)cc1F)C2. The minimum Gasteiger partial charge on any atom is -0.488 e. The quantitative estimate of drug-likeness (QED) is 0.312. The molecule has 0 spiro atoms. The molecular weight excluding hydrogens is 566 g/mol. The van der Waals surface area contributed by atoms with Gasteiger partial charge >= 0.3 is 0 Å². The molecule has 5 heterocycles. The van der Waals surface area contributed by atoms with E-state index in [9.17, 15) is 13.6 Å². The first-order valence-electron chi connectivity index (χ1n) is 14.4. The van der Waals surface area contributed by atoms with Crippen LogP contribution in [0.3, 0.4) is 0 Å². The topological polar surface area (TPSA) is 103 Å². The smallest absolute Gasteiger partial charge is 0.242 e. The van der Waals surface area contributed by atoms with Crippen molar-refractivity contribution < 1.29 is 18.3 Å². The first kappa shape index (κ1) is 26.3. The second kappa shape index (κ2) is 10.4. The van der Waals surface area contributed by atoms with Crippen LogP contribution in [0.15, 0.2) is 79.5 Å². The molecule has 44 heavy (non-hydrogen) atoms. The fourth-order valence-electron chi connectivity index (χ4n) is 6.19. The van der Waals surface area contributed by atoms with E-state index in [4.69, 9.17) is 4.74 Å². The number of hydrogen-bond donors (Lipinski definition) is 1. The second-order valence-electron chi connectivity index (χ2n) is 11.0. The third kappa shape index (κ3) is 4.50. The highest BCUT2D eigenvalue weighted by Crippen LogP contribution is 2.34. The molecule has 2 atom stereocenters. The summed E-state index contributed by atoms with van der Waals surface area (Å²) in [6.07, 6.45) is 5.57. The Morgan fingerprint density at radius 1 is 0.977 bits per heavy atom. The van der Waals surface area contributed by atoms with Gasteiger partial charge in [-0.1, -0.05) is 18.2 Å². The Balaban J connectivity index is 1.16. The van der Waals surface area contributed by atoms with Crippen LogP contribution in [-0.4, -0.2) is 60.4 Å². The predicted octanol–water partition coefficient (Wildman–Crippen LogP) is 4.66. The number of ether oxygens (including phenoxy) is 1. The number of rotatable bonds is 2. The summed E-state index contributed by atoms with van der Waals surface area (Å²) in [5, 5.41) is 7.98. The van der Waals surface area contributed by atoms with Crippen LogP contribution in [0.1, 0.15) is 12.8 Å². The molecule has 10 nitrogen and oxygen atoms in total. The number of nitrogens with one attached hydrogen (secondary N) is 1. The number of carbonyl (C=O) groups excluding carboxylic acids is 1. The van der Waals surface area contributed by atoms with Crippen molar-refractivity contribution in [3.05, 3.63) is 91.1 Å². The molecule has 1 N–H and O–H groups in total. The van der Waals surface area contributed by atoms with Gasteiger partial charge in [0.15, 0.2) is 11.5 Å². The van der Waals surface area contributed by atoms with Crippen molar-refractivity contribution in [2.45, 2.75) is 31.5 Å². The normalized spacial score (nSPS) is 18.6. The molecule has 8 rings (SSSR count). The maximum Gasteiger partial charge on any atom is 0.242 e. The lowest BCUT2D eigenvalue weighted by Gasteiger charge is -2.25. The van der Waals surface area contributed by atoms with Crippen LogP contribution >= 0.6 is 0 Å². The van der Waals surface area contributed by atoms with Crippen LogP contribution in [0.25, 0.3) is 38.9 Å². The van der Waals surface area contributed by atoms with Crippen molar-refractivity contribution in [2.24, 2.45) is 0 Å². The van der Waals surface area contributed by atoms with E-state index in [2.05, 4.69) is 42.1 Å². The molecule has 0 saturated carbocycles. The number of aromatic nitrogens is 6. The van der Waals surface area contributed by atoms with Crippen LogP contribution in [0, 0.1) is 11.6 Å². The van der Waals surface area contributed by atoms with Gasteiger partial charge in [0.25, 0.3) is 0 Å². The molecule has 2 aliphatic heterocycles. The monoisotopic (exact) mass is 592 g/mol. The average molecular weight is 593 g/mol. The summed E-state index contributed by atoms with van der Waals surface area (Å²) in [7, 11) is 0. The first-order valence-corrected chi connectivity index (χ1v) is 14.4.